The van der Waals surface area contributed by atoms with Gasteiger partial charge in [0, 0.05) is 37.0 Å². The highest BCUT2D eigenvalue weighted by Crippen LogP contribution is 2.18. The Labute approximate surface area is 145 Å². The Kier molecular flexibility index (Phi) is 4.30. The first kappa shape index (κ1) is 15.6. The van der Waals surface area contributed by atoms with Gasteiger partial charge >= 0.3 is 0 Å². The van der Waals surface area contributed by atoms with Crippen molar-refractivity contribution in [3.8, 4) is 0 Å². The number of hydrogen-bond donors (Lipinski definition) is 2. The average molecular weight is 337 g/mol. The van der Waals surface area contributed by atoms with Crippen LogP contribution in [0.4, 0.5) is 5.82 Å². The summed E-state index contributed by atoms with van der Waals surface area (Å²) in [5.41, 5.74) is 3.30. The number of ether oxygens (including phenoxy) is 1. The van der Waals surface area contributed by atoms with Gasteiger partial charge in [-0.1, -0.05) is 6.07 Å². The Morgan fingerprint density at radius 1 is 1.24 bits per heavy atom. The molecule has 0 unspecified atom stereocenters. The minimum Gasteiger partial charge on any atom is -0.378 e. The molecule has 0 aliphatic carbocycles. The van der Waals surface area contributed by atoms with Gasteiger partial charge in [-0.2, -0.15) is 0 Å². The molecule has 1 amide bonds. The van der Waals surface area contributed by atoms with Crippen LogP contribution in [-0.4, -0.2) is 47.2 Å². The molecule has 7 nitrogen and oxygen atoms in total. The Morgan fingerprint density at radius 2 is 2.12 bits per heavy atom. The quantitative estimate of drug-likeness (QED) is 0.757. The second-order valence-corrected chi connectivity index (χ2v) is 5.90. The summed E-state index contributed by atoms with van der Waals surface area (Å²) >= 11 is 0. The number of rotatable bonds is 4. The zero-order chi connectivity index (χ0) is 17.1. The van der Waals surface area contributed by atoms with E-state index in [9.17, 15) is 4.79 Å². The predicted molar refractivity (Wildman–Crippen MR) is 94.5 cm³/mol. The van der Waals surface area contributed by atoms with Gasteiger partial charge in [0.1, 0.15) is 5.82 Å². The molecule has 0 atom stereocenters. The van der Waals surface area contributed by atoms with Crippen LogP contribution < -0.4 is 10.2 Å². The molecular weight excluding hydrogens is 318 g/mol. The third-order valence-corrected chi connectivity index (χ3v) is 4.30. The van der Waals surface area contributed by atoms with Gasteiger partial charge in [0.2, 0.25) is 0 Å². The number of nitrogens with one attached hydrogen (secondary N) is 2. The third-order valence-electron chi connectivity index (χ3n) is 4.30. The van der Waals surface area contributed by atoms with Crippen molar-refractivity contribution < 1.29 is 9.53 Å². The van der Waals surface area contributed by atoms with E-state index in [0.717, 1.165) is 35.5 Å². The topological polar surface area (TPSA) is 83.1 Å². The van der Waals surface area contributed by atoms with Gasteiger partial charge in [0.15, 0.2) is 0 Å². The van der Waals surface area contributed by atoms with Crippen molar-refractivity contribution >= 4 is 22.8 Å². The molecule has 2 N–H and O–H groups in total. The van der Waals surface area contributed by atoms with Crippen LogP contribution in [-0.2, 0) is 11.3 Å². The summed E-state index contributed by atoms with van der Waals surface area (Å²) in [5.74, 6) is 0.795. The van der Waals surface area contributed by atoms with Crippen LogP contribution in [0.15, 0.2) is 42.9 Å². The molecule has 7 heteroatoms. The molecule has 128 valence electrons. The SMILES string of the molecule is O=C(NCc1cccnc1N1CCOCC1)c1ccc2nc[nH]c2c1. The fraction of sp³-hybridized carbons (Fsp3) is 0.278. The molecule has 1 aromatic carbocycles. The van der Waals surface area contributed by atoms with E-state index < -0.39 is 0 Å². The number of anilines is 1. The minimum absolute atomic E-state index is 0.117. The van der Waals surface area contributed by atoms with Crippen LogP contribution in [0.5, 0.6) is 0 Å². The van der Waals surface area contributed by atoms with E-state index in [1.807, 2.05) is 24.3 Å². The summed E-state index contributed by atoms with van der Waals surface area (Å²) in [5, 5.41) is 2.98. The molecule has 1 aliphatic heterocycles. The van der Waals surface area contributed by atoms with Gasteiger partial charge in [-0.05, 0) is 24.3 Å². The van der Waals surface area contributed by atoms with Gasteiger partial charge in [-0.15, -0.1) is 0 Å². The number of amides is 1. The molecule has 2 aromatic heterocycles. The van der Waals surface area contributed by atoms with Gasteiger partial charge in [0.05, 0.1) is 30.6 Å². The Morgan fingerprint density at radius 3 is 3.00 bits per heavy atom. The van der Waals surface area contributed by atoms with Crippen molar-refractivity contribution in [1.82, 2.24) is 20.3 Å². The molecule has 0 saturated carbocycles. The van der Waals surface area contributed by atoms with E-state index in [1.54, 1.807) is 18.6 Å². The first-order valence-corrected chi connectivity index (χ1v) is 8.29. The zero-order valence-electron chi connectivity index (χ0n) is 13.7. The van der Waals surface area contributed by atoms with Crippen LogP contribution in [0.1, 0.15) is 15.9 Å². The van der Waals surface area contributed by atoms with Gasteiger partial charge < -0.3 is 19.9 Å². The number of pyridine rings is 1. The molecule has 3 heterocycles. The number of hydrogen-bond acceptors (Lipinski definition) is 5. The van der Waals surface area contributed by atoms with Crippen LogP contribution in [0.2, 0.25) is 0 Å². The van der Waals surface area contributed by atoms with Gasteiger partial charge in [-0.3, -0.25) is 4.79 Å². The second kappa shape index (κ2) is 6.90. The maximum absolute atomic E-state index is 12.5. The smallest absolute Gasteiger partial charge is 0.251 e. The fourth-order valence-electron chi connectivity index (χ4n) is 2.98. The highest BCUT2D eigenvalue weighted by molar-refractivity contribution is 5.97. The molecule has 4 rings (SSSR count). The van der Waals surface area contributed by atoms with Crippen molar-refractivity contribution in [2.75, 3.05) is 31.2 Å². The summed E-state index contributed by atoms with van der Waals surface area (Å²) in [6.07, 6.45) is 3.40. The first-order valence-electron chi connectivity index (χ1n) is 8.29. The molecule has 1 aliphatic rings. The Bertz CT molecular complexity index is 886. The standard InChI is InChI=1S/C18H19N5O2/c24-18(13-3-4-15-16(10-13)22-12-21-15)20-11-14-2-1-5-19-17(14)23-6-8-25-9-7-23/h1-5,10,12H,6-9,11H2,(H,20,24)(H,21,22). The Hall–Kier alpha value is -2.93. The van der Waals surface area contributed by atoms with Crippen LogP contribution in [0.3, 0.4) is 0 Å². The molecule has 1 saturated heterocycles. The maximum atomic E-state index is 12.5. The lowest BCUT2D eigenvalue weighted by Crippen LogP contribution is -2.37. The van der Waals surface area contributed by atoms with Crippen molar-refractivity contribution in [3.05, 3.63) is 54.0 Å². The summed E-state index contributed by atoms with van der Waals surface area (Å²) in [6.45, 7) is 3.46. The lowest BCUT2D eigenvalue weighted by atomic mass is 10.1. The first-order chi connectivity index (χ1) is 12.3. The zero-order valence-corrected chi connectivity index (χ0v) is 13.7. The summed E-state index contributed by atoms with van der Waals surface area (Å²) in [6, 6.07) is 9.32. The van der Waals surface area contributed by atoms with Gasteiger partial charge in [-0.25, -0.2) is 9.97 Å². The van der Waals surface area contributed by atoms with E-state index in [0.29, 0.717) is 25.3 Å². The molecule has 25 heavy (non-hydrogen) atoms. The van der Waals surface area contributed by atoms with Crippen LogP contribution in [0.25, 0.3) is 11.0 Å². The number of carbonyl (C=O) groups is 1. The largest absolute Gasteiger partial charge is 0.378 e. The van der Waals surface area contributed by atoms with E-state index in [2.05, 4.69) is 25.2 Å². The van der Waals surface area contributed by atoms with Crippen molar-refractivity contribution in [2.24, 2.45) is 0 Å². The van der Waals surface area contributed by atoms with E-state index in [4.69, 9.17) is 4.74 Å². The molecule has 3 aromatic rings. The number of aromatic nitrogens is 3. The maximum Gasteiger partial charge on any atom is 0.251 e. The number of H-pyrrole nitrogens is 1. The van der Waals surface area contributed by atoms with E-state index in [1.165, 1.54) is 0 Å². The summed E-state index contributed by atoms with van der Waals surface area (Å²) in [4.78, 5) is 26.3. The monoisotopic (exact) mass is 337 g/mol. The predicted octanol–water partition coefficient (Wildman–Crippen LogP) is 1.72. The second-order valence-electron chi connectivity index (χ2n) is 5.90. The number of aromatic amines is 1. The van der Waals surface area contributed by atoms with Gasteiger partial charge in [0.25, 0.3) is 5.91 Å². The highest BCUT2D eigenvalue weighted by Gasteiger charge is 2.16. The normalized spacial score (nSPS) is 14.6. The number of morpholine rings is 1. The van der Waals surface area contributed by atoms with Crippen LogP contribution >= 0.6 is 0 Å². The number of nitrogens with zero attached hydrogens (tertiary/aromatic N) is 3. The van der Waals surface area contributed by atoms with Crippen molar-refractivity contribution in [2.45, 2.75) is 6.54 Å². The van der Waals surface area contributed by atoms with E-state index >= 15 is 0 Å². The Balaban J connectivity index is 1.48. The summed E-state index contributed by atoms with van der Waals surface area (Å²) in [7, 11) is 0. The molecule has 0 radical (unpaired) electrons. The van der Waals surface area contributed by atoms with Crippen molar-refractivity contribution in [1.29, 1.82) is 0 Å². The highest BCUT2D eigenvalue weighted by atomic mass is 16.5. The summed E-state index contributed by atoms with van der Waals surface area (Å²) < 4.78 is 5.40. The lowest BCUT2D eigenvalue weighted by Gasteiger charge is -2.29. The molecule has 0 spiro atoms. The molecule has 1 fully saturated rings. The minimum atomic E-state index is -0.117. The number of benzene rings is 1. The number of fused-ring (bicyclic) bond motifs is 1. The lowest BCUT2D eigenvalue weighted by molar-refractivity contribution is 0.0950. The van der Waals surface area contributed by atoms with Crippen LogP contribution in [0, 0.1) is 0 Å². The molecule has 0 bridgehead atoms. The third kappa shape index (κ3) is 3.32. The van der Waals surface area contributed by atoms with E-state index in [-0.39, 0.29) is 5.91 Å². The average Bonchev–Trinajstić information content (AvgIpc) is 3.15. The van der Waals surface area contributed by atoms with Crippen molar-refractivity contribution in [3.63, 3.8) is 0 Å². The molecular formula is C18H19N5O2. The fourth-order valence-corrected chi connectivity index (χ4v) is 2.98. The number of imidazole rings is 1. The number of carbonyl (C=O) groups excluding carboxylic acids is 1.